The van der Waals surface area contributed by atoms with E-state index in [4.69, 9.17) is 4.98 Å². The van der Waals surface area contributed by atoms with Crippen molar-refractivity contribution >= 4 is 42.3 Å². The number of nitrogens with zero attached hydrogens (tertiary/aromatic N) is 1. The molecule has 2 heteroatoms. The minimum Gasteiger partial charge on any atom is -0.256 e. The van der Waals surface area contributed by atoms with Gasteiger partial charge in [-0.1, -0.05) is 80.6 Å². The standard InChI is InChI=1S/C30H21NS/c1-30(2)24-14-12-18-7-3-4-8-20(18)27(24)23-15-16-31-29(28(23)30)19-11-13-22-21-9-5-6-10-25(21)32-26(22)17-19/h3-17H,1-2H3. The summed E-state index contributed by atoms with van der Waals surface area (Å²) in [5.74, 6) is 0. The number of rotatable bonds is 1. The van der Waals surface area contributed by atoms with Crippen molar-refractivity contribution in [1.29, 1.82) is 0 Å². The second kappa shape index (κ2) is 6.27. The molecule has 4 aromatic carbocycles. The summed E-state index contributed by atoms with van der Waals surface area (Å²) in [5, 5.41) is 5.29. The summed E-state index contributed by atoms with van der Waals surface area (Å²) in [6, 6.07) is 31.0. The van der Waals surface area contributed by atoms with Gasteiger partial charge in [-0.3, -0.25) is 4.98 Å². The molecule has 0 fully saturated rings. The van der Waals surface area contributed by atoms with Crippen LogP contribution in [-0.2, 0) is 5.41 Å². The molecular weight excluding hydrogens is 406 g/mol. The molecule has 0 radical (unpaired) electrons. The van der Waals surface area contributed by atoms with Gasteiger partial charge in [0.2, 0.25) is 0 Å². The Balaban J connectivity index is 1.52. The fraction of sp³-hybridized carbons (Fsp3) is 0.100. The molecule has 0 unspecified atom stereocenters. The van der Waals surface area contributed by atoms with Crippen LogP contribution in [0.4, 0.5) is 0 Å². The second-order valence-corrected chi connectivity index (χ2v) is 10.3. The first-order valence-corrected chi connectivity index (χ1v) is 11.9. The lowest BCUT2D eigenvalue weighted by Crippen LogP contribution is -2.16. The third-order valence-electron chi connectivity index (χ3n) is 7.10. The van der Waals surface area contributed by atoms with E-state index in [1.165, 1.54) is 58.8 Å². The molecule has 1 aliphatic carbocycles. The molecule has 0 saturated heterocycles. The SMILES string of the molecule is CC1(C)c2ccc3ccccc3c2-c2ccnc(-c3ccc4c(c3)sc3ccccc34)c21. The minimum atomic E-state index is -0.104. The molecule has 0 N–H and O–H groups in total. The van der Waals surface area contributed by atoms with Gasteiger partial charge in [0.15, 0.2) is 0 Å². The predicted octanol–water partition coefficient (Wildman–Crippen LogP) is 8.58. The highest BCUT2D eigenvalue weighted by Crippen LogP contribution is 2.53. The first-order chi connectivity index (χ1) is 15.6. The van der Waals surface area contributed by atoms with Crippen LogP contribution in [0.1, 0.15) is 25.0 Å². The fourth-order valence-electron chi connectivity index (χ4n) is 5.61. The zero-order valence-electron chi connectivity index (χ0n) is 18.0. The molecule has 6 aromatic rings. The van der Waals surface area contributed by atoms with Gasteiger partial charge in [0.1, 0.15) is 0 Å². The molecule has 32 heavy (non-hydrogen) atoms. The number of thiophene rings is 1. The maximum Gasteiger partial charge on any atom is 0.0749 e. The Bertz CT molecular complexity index is 1700. The van der Waals surface area contributed by atoms with Crippen molar-refractivity contribution in [3.05, 3.63) is 102 Å². The van der Waals surface area contributed by atoms with E-state index in [0.717, 1.165) is 5.69 Å². The van der Waals surface area contributed by atoms with E-state index in [1.54, 1.807) is 0 Å². The Kier molecular flexibility index (Phi) is 3.55. The van der Waals surface area contributed by atoms with Crippen molar-refractivity contribution in [2.24, 2.45) is 0 Å². The van der Waals surface area contributed by atoms with Crippen LogP contribution in [0.15, 0.2) is 91.1 Å². The van der Waals surface area contributed by atoms with Crippen LogP contribution in [0.5, 0.6) is 0 Å². The van der Waals surface area contributed by atoms with E-state index in [2.05, 4.69) is 98.8 Å². The first kappa shape index (κ1) is 18.1. The molecular formula is C30H21NS. The molecule has 7 rings (SSSR count). The van der Waals surface area contributed by atoms with Gasteiger partial charge in [-0.2, -0.15) is 0 Å². The summed E-state index contributed by atoms with van der Waals surface area (Å²) in [5.41, 5.74) is 7.62. The lowest BCUT2D eigenvalue weighted by molar-refractivity contribution is 0.660. The molecule has 2 aromatic heterocycles. The third-order valence-corrected chi connectivity index (χ3v) is 8.23. The molecule has 0 amide bonds. The Morgan fingerprint density at radius 2 is 1.50 bits per heavy atom. The molecule has 0 atom stereocenters. The summed E-state index contributed by atoms with van der Waals surface area (Å²) in [7, 11) is 0. The number of hydrogen-bond donors (Lipinski definition) is 0. The monoisotopic (exact) mass is 427 g/mol. The lowest BCUT2D eigenvalue weighted by atomic mass is 9.80. The van der Waals surface area contributed by atoms with E-state index in [-0.39, 0.29) is 5.41 Å². The Morgan fingerprint density at radius 1 is 0.719 bits per heavy atom. The highest BCUT2D eigenvalue weighted by molar-refractivity contribution is 7.25. The second-order valence-electron chi connectivity index (χ2n) is 9.23. The van der Waals surface area contributed by atoms with Crippen molar-refractivity contribution in [2.75, 3.05) is 0 Å². The van der Waals surface area contributed by atoms with E-state index in [0.29, 0.717) is 0 Å². The number of benzene rings is 4. The number of pyridine rings is 1. The molecule has 1 nitrogen and oxygen atoms in total. The maximum atomic E-state index is 4.94. The fourth-order valence-corrected chi connectivity index (χ4v) is 6.76. The average Bonchev–Trinajstić information content (AvgIpc) is 3.31. The minimum absolute atomic E-state index is 0.104. The highest BCUT2D eigenvalue weighted by atomic mass is 32.1. The Morgan fingerprint density at radius 3 is 2.41 bits per heavy atom. The van der Waals surface area contributed by atoms with E-state index in [1.807, 2.05) is 17.5 Å². The van der Waals surface area contributed by atoms with E-state index in [9.17, 15) is 0 Å². The van der Waals surface area contributed by atoms with Gasteiger partial charge in [0, 0.05) is 37.3 Å². The summed E-state index contributed by atoms with van der Waals surface area (Å²) in [6.07, 6.45) is 1.98. The van der Waals surface area contributed by atoms with Gasteiger partial charge < -0.3 is 0 Å². The topological polar surface area (TPSA) is 12.9 Å². The molecule has 0 bridgehead atoms. The molecule has 152 valence electrons. The van der Waals surface area contributed by atoms with Crippen LogP contribution in [0.2, 0.25) is 0 Å². The van der Waals surface area contributed by atoms with Crippen molar-refractivity contribution in [1.82, 2.24) is 4.98 Å². The van der Waals surface area contributed by atoms with Gasteiger partial charge >= 0.3 is 0 Å². The zero-order valence-corrected chi connectivity index (χ0v) is 18.8. The maximum absolute atomic E-state index is 4.94. The van der Waals surface area contributed by atoms with Crippen LogP contribution in [0.3, 0.4) is 0 Å². The summed E-state index contributed by atoms with van der Waals surface area (Å²) in [4.78, 5) is 4.94. The molecule has 0 spiro atoms. The van der Waals surface area contributed by atoms with Gasteiger partial charge in [-0.25, -0.2) is 0 Å². The van der Waals surface area contributed by atoms with Gasteiger partial charge in [-0.05, 0) is 51.2 Å². The Labute approximate surface area is 191 Å². The number of fused-ring (bicyclic) bond motifs is 8. The van der Waals surface area contributed by atoms with Crippen molar-refractivity contribution in [3.63, 3.8) is 0 Å². The van der Waals surface area contributed by atoms with E-state index < -0.39 is 0 Å². The van der Waals surface area contributed by atoms with Crippen LogP contribution in [0.25, 0.3) is 53.3 Å². The smallest absolute Gasteiger partial charge is 0.0749 e. The first-order valence-electron chi connectivity index (χ1n) is 11.1. The highest BCUT2D eigenvalue weighted by Gasteiger charge is 2.39. The molecule has 2 heterocycles. The number of hydrogen-bond acceptors (Lipinski definition) is 2. The van der Waals surface area contributed by atoms with Crippen LogP contribution >= 0.6 is 11.3 Å². The number of aromatic nitrogens is 1. The van der Waals surface area contributed by atoms with Crippen LogP contribution < -0.4 is 0 Å². The largest absolute Gasteiger partial charge is 0.256 e. The summed E-state index contributed by atoms with van der Waals surface area (Å²) >= 11 is 1.87. The van der Waals surface area contributed by atoms with Crippen LogP contribution in [-0.4, -0.2) is 4.98 Å². The van der Waals surface area contributed by atoms with Gasteiger partial charge in [0.05, 0.1) is 5.69 Å². The van der Waals surface area contributed by atoms with Crippen molar-refractivity contribution in [2.45, 2.75) is 19.3 Å². The summed E-state index contributed by atoms with van der Waals surface area (Å²) < 4.78 is 2.66. The molecule has 0 aliphatic heterocycles. The lowest BCUT2D eigenvalue weighted by Gasteiger charge is -2.24. The van der Waals surface area contributed by atoms with Gasteiger partial charge in [0.25, 0.3) is 0 Å². The molecule has 0 saturated carbocycles. The third kappa shape index (κ3) is 2.31. The van der Waals surface area contributed by atoms with E-state index >= 15 is 0 Å². The quantitative estimate of drug-likeness (QED) is 0.256. The van der Waals surface area contributed by atoms with Gasteiger partial charge in [-0.15, -0.1) is 11.3 Å². The molecule has 1 aliphatic rings. The average molecular weight is 428 g/mol. The summed E-state index contributed by atoms with van der Waals surface area (Å²) in [6.45, 7) is 4.69. The van der Waals surface area contributed by atoms with Crippen molar-refractivity contribution in [3.8, 4) is 22.4 Å². The Hall–Kier alpha value is -3.49. The van der Waals surface area contributed by atoms with Crippen LogP contribution in [0, 0.1) is 0 Å². The predicted molar refractivity (Wildman–Crippen MR) is 138 cm³/mol. The zero-order chi connectivity index (χ0) is 21.4. The van der Waals surface area contributed by atoms with Crippen molar-refractivity contribution < 1.29 is 0 Å². The normalized spacial score (nSPS) is 14.2.